The zero-order valence-corrected chi connectivity index (χ0v) is 12.2. The van der Waals surface area contributed by atoms with Crippen molar-refractivity contribution in [1.29, 1.82) is 0 Å². The molecule has 0 heterocycles. The van der Waals surface area contributed by atoms with Gasteiger partial charge in [-0.15, -0.1) is 0 Å². The van der Waals surface area contributed by atoms with E-state index >= 15 is 0 Å². The third kappa shape index (κ3) is 2.41. The Morgan fingerprint density at radius 1 is 0.900 bits per heavy atom. The second-order valence-electron chi connectivity index (χ2n) is 5.49. The number of fused-ring (bicyclic) bond motifs is 2. The fourth-order valence-corrected chi connectivity index (χ4v) is 2.72. The monoisotopic (exact) mass is 263 g/mol. The summed E-state index contributed by atoms with van der Waals surface area (Å²) in [6.45, 7) is 5.39. The van der Waals surface area contributed by atoms with E-state index in [1.165, 1.54) is 27.1 Å². The lowest BCUT2D eigenvalue weighted by Crippen LogP contribution is -2.24. The molecule has 102 valence electrons. The number of benzene rings is 3. The molecule has 3 aromatic rings. The Kier molecular flexibility index (Phi) is 3.70. The molecule has 0 aliphatic carbocycles. The Morgan fingerprint density at radius 3 is 2.00 bits per heavy atom. The lowest BCUT2D eigenvalue weighted by molar-refractivity contribution is 0.537. The highest BCUT2D eigenvalue weighted by molar-refractivity contribution is 6.02. The molecule has 1 nitrogen and oxygen atoms in total. The van der Waals surface area contributed by atoms with Crippen molar-refractivity contribution in [3.8, 4) is 0 Å². The summed E-state index contributed by atoms with van der Waals surface area (Å²) in [5.41, 5.74) is 1.42. The minimum Gasteiger partial charge on any atom is -0.310 e. The van der Waals surface area contributed by atoms with Crippen LogP contribution in [0.25, 0.3) is 21.5 Å². The van der Waals surface area contributed by atoms with Gasteiger partial charge < -0.3 is 5.32 Å². The molecule has 0 radical (unpaired) electrons. The molecule has 0 unspecified atom stereocenters. The quantitative estimate of drug-likeness (QED) is 0.661. The summed E-state index contributed by atoms with van der Waals surface area (Å²) in [6, 6.07) is 20.2. The molecule has 20 heavy (non-hydrogen) atoms. The zero-order chi connectivity index (χ0) is 13.9. The first kappa shape index (κ1) is 13.1. The molecule has 1 N–H and O–H groups in total. The fourth-order valence-electron chi connectivity index (χ4n) is 2.72. The van der Waals surface area contributed by atoms with Gasteiger partial charge >= 0.3 is 0 Å². The van der Waals surface area contributed by atoms with Crippen molar-refractivity contribution in [2.75, 3.05) is 0 Å². The smallest absolute Gasteiger partial charge is 0.0220 e. The van der Waals surface area contributed by atoms with E-state index in [0.29, 0.717) is 6.04 Å². The van der Waals surface area contributed by atoms with Gasteiger partial charge in [-0.1, -0.05) is 55.5 Å². The van der Waals surface area contributed by atoms with E-state index in [0.717, 1.165) is 13.0 Å². The Hall–Kier alpha value is -1.86. The maximum atomic E-state index is 3.63. The largest absolute Gasteiger partial charge is 0.310 e. The standard InChI is InChI=1S/C19H21N/c1-3-14(2)20-13-19-17-10-6-4-8-15(17)12-16-9-5-7-11-18(16)19/h4-12,14,20H,3,13H2,1-2H3/t14-/m0/s1. The van der Waals surface area contributed by atoms with Crippen molar-refractivity contribution in [3.05, 3.63) is 60.2 Å². The van der Waals surface area contributed by atoms with E-state index in [1.807, 2.05) is 0 Å². The Labute approximate surface area is 120 Å². The number of nitrogens with one attached hydrogen (secondary N) is 1. The minimum atomic E-state index is 0.549. The Morgan fingerprint density at radius 2 is 1.45 bits per heavy atom. The van der Waals surface area contributed by atoms with Gasteiger partial charge in [-0.05, 0) is 46.5 Å². The van der Waals surface area contributed by atoms with E-state index in [2.05, 4.69) is 73.8 Å². The molecule has 0 aromatic heterocycles. The molecule has 0 aliphatic heterocycles. The summed E-state index contributed by atoms with van der Waals surface area (Å²) >= 11 is 0. The van der Waals surface area contributed by atoms with Gasteiger partial charge in [0.15, 0.2) is 0 Å². The molecular weight excluding hydrogens is 242 g/mol. The van der Waals surface area contributed by atoms with Gasteiger partial charge in [-0.25, -0.2) is 0 Å². The molecule has 1 heteroatoms. The predicted molar refractivity (Wildman–Crippen MR) is 88.0 cm³/mol. The van der Waals surface area contributed by atoms with Crippen LogP contribution in [-0.2, 0) is 6.54 Å². The fraction of sp³-hybridized carbons (Fsp3) is 0.263. The molecule has 0 aliphatic rings. The predicted octanol–water partition coefficient (Wildman–Crippen LogP) is 4.88. The van der Waals surface area contributed by atoms with Crippen molar-refractivity contribution in [3.63, 3.8) is 0 Å². The van der Waals surface area contributed by atoms with Gasteiger partial charge in [-0.3, -0.25) is 0 Å². The highest BCUT2D eigenvalue weighted by atomic mass is 14.9. The van der Waals surface area contributed by atoms with E-state index in [9.17, 15) is 0 Å². The van der Waals surface area contributed by atoms with Crippen LogP contribution in [-0.4, -0.2) is 6.04 Å². The van der Waals surface area contributed by atoms with Crippen LogP contribution in [0, 0.1) is 0 Å². The average molecular weight is 263 g/mol. The van der Waals surface area contributed by atoms with Gasteiger partial charge in [0.2, 0.25) is 0 Å². The van der Waals surface area contributed by atoms with E-state index in [-0.39, 0.29) is 0 Å². The average Bonchev–Trinajstić information content (AvgIpc) is 2.51. The summed E-state index contributed by atoms with van der Waals surface area (Å²) < 4.78 is 0. The van der Waals surface area contributed by atoms with Crippen LogP contribution in [0.3, 0.4) is 0 Å². The summed E-state index contributed by atoms with van der Waals surface area (Å²) in [5.74, 6) is 0. The number of hydrogen-bond donors (Lipinski definition) is 1. The molecule has 0 fully saturated rings. The van der Waals surface area contributed by atoms with Gasteiger partial charge in [-0.2, -0.15) is 0 Å². The third-order valence-electron chi connectivity index (χ3n) is 4.12. The van der Waals surface area contributed by atoms with Crippen LogP contribution in [0.15, 0.2) is 54.6 Å². The molecule has 0 saturated heterocycles. The second kappa shape index (κ2) is 5.64. The van der Waals surface area contributed by atoms with Crippen molar-refractivity contribution in [2.24, 2.45) is 0 Å². The number of rotatable bonds is 4. The van der Waals surface area contributed by atoms with Crippen LogP contribution >= 0.6 is 0 Å². The molecule has 1 atom stereocenters. The molecule has 0 spiro atoms. The van der Waals surface area contributed by atoms with Crippen LogP contribution in [0.4, 0.5) is 0 Å². The Balaban J connectivity index is 2.17. The van der Waals surface area contributed by atoms with Crippen LogP contribution in [0.5, 0.6) is 0 Å². The zero-order valence-electron chi connectivity index (χ0n) is 12.2. The molecule has 0 saturated carbocycles. The van der Waals surface area contributed by atoms with Gasteiger partial charge in [0.1, 0.15) is 0 Å². The Bertz CT molecular complexity index is 676. The van der Waals surface area contributed by atoms with E-state index < -0.39 is 0 Å². The van der Waals surface area contributed by atoms with Crippen molar-refractivity contribution in [1.82, 2.24) is 5.32 Å². The first-order valence-electron chi connectivity index (χ1n) is 7.42. The van der Waals surface area contributed by atoms with Crippen LogP contribution in [0.2, 0.25) is 0 Å². The van der Waals surface area contributed by atoms with Crippen LogP contribution in [0.1, 0.15) is 25.8 Å². The maximum Gasteiger partial charge on any atom is 0.0220 e. The van der Waals surface area contributed by atoms with Crippen LogP contribution < -0.4 is 5.32 Å². The van der Waals surface area contributed by atoms with Crippen molar-refractivity contribution in [2.45, 2.75) is 32.9 Å². The van der Waals surface area contributed by atoms with Crippen molar-refractivity contribution >= 4 is 21.5 Å². The lowest BCUT2D eigenvalue weighted by Gasteiger charge is -2.15. The topological polar surface area (TPSA) is 12.0 Å². The highest BCUT2D eigenvalue weighted by Crippen LogP contribution is 2.28. The third-order valence-corrected chi connectivity index (χ3v) is 4.12. The molecule has 3 aromatic carbocycles. The SMILES string of the molecule is CC[C@H](C)NCc1c2ccccc2cc2ccccc12. The summed E-state index contributed by atoms with van der Waals surface area (Å²) in [4.78, 5) is 0. The second-order valence-corrected chi connectivity index (χ2v) is 5.49. The molecule has 0 bridgehead atoms. The molecule has 0 amide bonds. The molecular formula is C19H21N. The van der Waals surface area contributed by atoms with Crippen molar-refractivity contribution < 1.29 is 0 Å². The van der Waals surface area contributed by atoms with Gasteiger partial charge in [0, 0.05) is 12.6 Å². The highest BCUT2D eigenvalue weighted by Gasteiger charge is 2.08. The summed E-state index contributed by atoms with van der Waals surface area (Å²) in [7, 11) is 0. The maximum absolute atomic E-state index is 3.63. The molecule has 3 rings (SSSR count). The summed E-state index contributed by atoms with van der Waals surface area (Å²) in [6.07, 6.45) is 1.16. The van der Waals surface area contributed by atoms with Gasteiger partial charge in [0.05, 0.1) is 0 Å². The normalized spacial score (nSPS) is 12.9. The van der Waals surface area contributed by atoms with E-state index in [1.54, 1.807) is 0 Å². The van der Waals surface area contributed by atoms with E-state index in [4.69, 9.17) is 0 Å². The minimum absolute atomic E-state index is 0.549. The number of hydrogen-bond acceptors (Lipinski definition) is 1. The first-order chi connectivity index (χ1) is 9.79. The lowest BCUT2D eigenvalue weighted by atomic mass is 9.96. The first-order valence-corrected chi connectivity index (χ1v) is 7.42. The van der Waals surface area contributed by atoms with Gasteiger partial charge in [0.25, 0.3) is 0 Å². The summed E-state index contributed by atoms with van der Waals surface area (Å²) in [5, 5.41) is 9.01.